The van der Waals surface area contributed by atoms with E-state index in [1.165, 1.54) is 6.07 Å². The SMILES string of the molecule is CCc1cc(NC(=O)c2cccc(C(=O)Nc3cc(/C(C)=N\NC(=N)N)cc(/C(C)=N/NC(=N)N)c3)c2)cc(/C(C)=N\NC(=N)N)c1. The molecule has 0 atom stereocenters. The molecule has 16 nitrogen and oxygen atoms in total. The summed E-state index contributed by atoms with van der Waals surface area (Å²) in [6.45, 7) is 7.13. The highest BCUT2D eigenvalue weighted by molar-refractivity contribution is 6.11. The molecule has 3 aromatic carbocycles. The van der Waals surface area contributed by atoms with Crippen LogP contribution in [-0.2, 0) is 6.42 Å². The van der Waals surface area contributed by atoms with Gasteiger partial charge < -0.3 is 27.8 Å². The number of nitrogens with zero attached hydrogens (tertiary/aromatic N) is 3. The van der Waals surface area contributed by atoms with Gasteiger partial charge in [0.05, 0.1) is 17.1 Å². The van der Waals surface area contributed by atoms with Crippen LogP contribution >= 0.6 is 0 Å². The molecule has 3 aromatic rings. The molecule has 0 bridgehead atoms. The fraction of sp³-hybridized carbons (Fsp3) is 0.161. The van der Waals surface area contributed by atoms with E-state index in [9.17, 15) is 9.59 Å². The van der Waals surface area contributed by atoms with E-state index in [1.807, 2.05) is 19.1 Å². The Kier molecular flexibility index (Phi) is 11.8. The summed E-state index contributed by atoms with van der Waals surface area (Å²) in [5.74, 6) is -1.88. The van der Waals surface area contributed by atoms with Crippen molar-refractivity contribution in [2.24, 2.45) is 32.5 Å². The maximum Gasteiger partial charge on any atom is 0.255 e. The Morgan fingerprint density at radius 2 is 0.957 bits per heavy atom. The summed E-state index contributed by atoms with van der Waals surface area (Å²) < 4.78 is 0. The van der Waals surface area contributed by atoms with Crippen molar-refractivity contribution in [1.82, 2.24) is 16.3 Å². The van der Waals surface area contributed by atoms with Crippen molar-refractivity contribution >= 4 is 58.2 Å². The number of aryl methyl sites for hydroxylation is 1. The van der Waals surface area contributed by atoms with Crippen LogP contribution in [0.15, 0.2) is 76.0 Å². The van der Waals surface area contributed by atoms with E-state index in [1.54, 1.807) is 63.2 Å². The highest BCUT2D eigenvalue weighted by atomic mass is 16.2. The van der Waals surface area contributed by atoms with Gasteiger partial charge in [0.25, 0.3) is 11.8 Å². The first-order valence-corrected chi connectivity index (χ1v) is 14.2. The van der Waals surface area contributed by atoms with Crippen molar-refractivity contribution in [2.75, 3.05) is 10.6 Å². The third-order valence-corrected chi connectivity index (χ3v) is 6.52. The molecule has 0 unspecified atom stereocenters. The molecule has 0 aliphatic carbocycles. The van der Waals surface area contributed by atoms with Gasteiger partial charge in [0.1, 0.15) is 0 Å². The summed E-state index contributed by atoms with van der Waals surface area (Å²) in [5, 5.41) is 40.0. The molecule has 3 rings (SSSR count). The maximum absolute atomic E-state index is 13.4. The van der Waals surface area contributed by atoms with Gasteiger partial charge in [-0.25, -0.2) is 16.3 Å². The zero-order valence-electron chi connectivity index (χ0n) is 26.4. The van der Waals surface area contributed by atoms with Gasteiger partial charge in [0.2, 0.25) is 17.9 Å². The molecular weight excluding hydrogens is 600 g/mol. The number of rotatable bonds is 11. The van der Waals surface area contributed by atoms with E-state index in [-0.39, 0.29) is 29.0 Å². The Morgan fingerprint density at radius 1 is 0.596 bits per heavy atom. The van der Waals surface area contributed by atoms with Gasteiger partial charge in [-0.1, -0.05) is 13.0 Å². The lowest BCUT2D eigenvalue weighted by Crippen LogP contribution is -2.27. The zero-order valence-corrected chi connectivity index (χ0v) is 26.4. The van der Waals surface area contributed by atoms with Crippen LogP contribution in [0, 0.1) is 16.2 Å². The topological polar surface area (TPSA) is 281 Å². The Bertz CT molecular complexity index is 1760. The number of hydrazone groups is 3. The molecule has 0 spiro atoms. The number of carbonyl (C=O) groups is 2. The average molecular weight is 639 g/mol. The second-order valence-corrected chi connectivity index (χ2v) is 10.2. The highest BCUT2D eigenvalue weighted by Gasteiger charge is 2.14. The van der Waals surface area contributed by atoms with Gasteiger partial charge in [-0.15, -0.1) is 0 Å². The molecule has 0 radical (unpaired) electrons. The van der Waals surface area contributed by atoms with Gasteiger partial charge in [-0.05, 0) is 92.9 Å². The van der Waals surface area contributed by atoms with E-state index in [4.69, 9.17) is 33.4 Å². The number of nitrogens with one attached hydrogen (secondary N) is 8. The minimum atomic E-state index is -0.476. The second-order valence-electron chi connectivity index (χ2n) is 10.2. The van der Waals surface area contributed by atoms with Crippen molar-refractivity contribution in [2.45, 2.75) is 34.1 Å². The Balaban J connectivity index is 1.89. The molecule has 0 saturated carbocycles. The van der Waals surface area contributed by atoms with E-state index in [0.717, 1.165) is 11.1 Å². The largest absolute Gasteiger partial charge is 0.369 e. The standard InChI is InChI=1S/C31H38N14O2/c1-5-19-9-22(16(2)40-43-29(32)33)13-25(10-19)38-27(46)20-7-6-8-21(11-20)28(47)39-26-14-23(17(3)41-44-30(34)35)12-24(15-26)18(4)42-45-31(36)37/h6-15H,5H2,1-4H3,(H,38,46)(H,39,47)(H4,32,33,43)(H4,34,35,44)(H4,36,37,45)/b40-16-,41-17-,42-18+. The van der Waals surface area contributed by atoms with E-state index >= 15 is 0 Å². The minimum absolute atomic E-state index is 0.234. The molecule has 0 aromatic heterocycles. The van der Waals surface area contributed by atoms with Gasteiger partial charge in [0, 0.05) is 33.6 Å². The molecule has 2 amide bonds. The quantitative estimate of drug-likeness (QED) is 0.0840. The third-order valence-electron chi connectivity index (χ3n) is 6.52. The van der Waals surface area contributed by atoms with E-state index < -0.39 is 11.8 Å². The molecule has 47 heavy (non-hydrogen) atoms. The van der Waals surface area contributed by atoms with E-state index in [2.05, 4.69) is 42.2 Å². The first-order chi connectivity index (χ1) is 22.2. The first-order valence-electron chi connectivity index (χ1n) is 14.2. The van der Waals surface area contributed by atoms with Crippen LogP contribution in [0.1, 0.15) is 70.7 Å². The first kappa shape index (κ1) is 34.9. The van der Waals surface area contributed by atoms with Gasteiger partial charge in [0.15, 0.2) is 0 Å². The lowest BCUT2D eigenvalue weighted by atomic mass is 10.0. The van der Waals surface area contributed by atoms with Crippen molar-refractivity contribution in [1.29, 1.82) is 16.2 Å². The summed E-state index contributed by atoms with van der Waals surface area (Å²) in [6.07, 6.45) is 0.708. The summed E-state index contributed by atoms with van der Waals surface area (Å²) >= 11 is 0. The van der Waals surface area contributed by atoms with Crippen LogP contribution in [0.3, 0.4) is 0 Å². The maximum atomic E-state index is 13.4. The molecule has 14 N–H and O–H groups in total. The summed E-state index contributed by atoms with van der Waals surface area (Å²) in [4.78, 5) is 26.7. The van der Waals surface area contributed by atoms with E-state index in [0.29, 0.717) is 46.1 Å². The number of benzene rings is 3. The van der Waals surface area contributed by atoms with Crippen LogP contribution in [-0.4, -0.2) is 46.8 Å². The van der Waals surface area contributed by atoms with Gasteiger partial charge >= 0.3 is 0 Å². The number of hydrogen-bond donors (Lipinski definition) is 11. The molecule has 16 heteroatoms. The lowest BCUT2D eigenvalue weighted by Gasteiger charge is -2.13. The normalized spacial score (nSPS) is 11.7. The fourth-order valence-electron chi connectivity index (χ4n) is 4.13. The number of anilines is 2. The van der Waals surface area contributed by atoms with Crippen molar-refractivity contribution in [3.63, 3.8) is 0 Å². The molecule has 0 saturated heterocycles. The Hall–Kier alpha value is -6.58. The Morgan fingerprint density at radius 3 is 1.34 bits per heavy atom. The van der Waals surface area contributed by atoms with Crippen LogP contribution in [0.25, 0.3) is 0 Å². The second kappa shape index (κ2) is 15.9. The zero-order chi connectivity index (χ0) is 34.7. The van der Waals surface area contributed by atoms with Gasteiger partial charge in [-0.2, -0.15) is 15.3 Å². The Labute approximate surface area is 271 Å². The van der Waals surface area contributed by atoms with Crippen LogP contribution in [0.5, 0.6) is 0 Å². The predicted molar refractivity (Wildman–Crippen MR) is 186 cm³/mol. The summed E-state index contributed by atoms with van der Waals surface area (Å²) in [6, 6.07) is 16.9. The minimum Gasteiger partial charge on any atom is -0.369 e. The number of amides is 2. The predicted octanol–water partition coefficient (Wildman–Crippen LogP) is 2.37. The number of carbonyl (C=O) groups excluding carboxylic acids is 2. The monoisotopic (exact) mass is 638 g/mol. The van der Waals surface area contributed by atoms with Crippen molar-refractivity contribution in [3.05, 3.63) is 94.0 Å². The van der Waals surface area contributed by atoms with Crippen molar-refractivity contribution < 1.29 is 9.59 Å². The fourth-order valence-corrected chi connectivity index (χ4v) is 4.13. The van der Waals surface area contributed by atoms with Crippen LogP contribution in [0.2, 0.25) is 0 Å². The molecule has 244 valence electrons. The van der Waals surface area contributed by atoms with Crippen LogP contribution < -0.4 is 44.1 Å². The lowest BCUT2D eigenvalue weighted by molar-refractivity contribution is 0.102. The van der Waals surface area contributed by atoms with Gasteiger partial charge in [-0.3, -0.25) is 25.8 Å². The number of guanidine groups is 3. The number of hydrogen-bond acceptors (Lipinski definition) is 8. The number of nitrogens with two attached hydrogens (primary N) is 3. The molecule has 0 heterocycles. The molecule has 0 aliphatic heterocycles. The average Bonchev–Trinajstić information content (AvgIpc) is 3.04. The molecule has 0 fully saturated rings. The highest BCUT2D eigenvalue weighted by Crippen LogP contribution is 2.20. The third kappa shape index (κ3) is 10.5. The smallest absolute Gasteiger partial charge is 0.255 e. The van der Waals surface area contributed by atoms with Crippen molar-refractivity contribution in [3.8, 4) is 0 Å². The molecule has 0 aliphatic rings. The van der Waals surface area contributed by atoms with Crippen LogP contribution in [0.4, 0.5) is 11.4 Å². The molecular formula is C31H38N14O2. The summed E-state index contributed by atoms with van der Waals surface area (Å²) in [5.41, 5.74) is 29.1. The summed E-state index contributed by atoms with van der Waals surface area (Å²) in [7, 11) is 0.